The fourth-order valence-electron chi connectivity index (χ4n) is 3.07. The number of benzene rings is 1. The van der Waals surface area contributed by atoms with Crippen molar-refractivity contribution in [2.45, 2.75) is 12.3 Å². The summed E-state index contributed by atoms with van der Waals surface area (Å²) < 4.78 is 15.5. The highest BCUT2D eigenvalue weighted by Gasteiger charge is 2.55. The number of hydrogen-bond acceptors (Lipinski definition) is 7. The van der Waals surface area contributed by atoms with Crippen LogP contribution in [0.5, 0.6) is 5.75 Å². The number of carbonyl (C=O) groups excluding carboxylic acids is 1. The van der Waals surface area contributed by atoms with E-state index in [1.165, 1.54) is 13.2 Å². The van der Waals surface area contributed by atoms with Crippen LogP contribution in [-0.4, -0.2) is 13.1 Å². The Morgan fingerprint density at radius 1 is 1.32 bits per heavy atom. The maximum Gasteiger partial charge on any atom is 0.344 e. The molecule has 0 amide bonds. The van der Waals surface area contributed by atoms with Gasteiger partial charge in [0.05, 0.1) is 7.11 Å². The molecule has 2 heterocycles. The van der Waals surface area contributed by atoms with Gasteiger partial charge >= 0.3 is 11.6 Å². The molecule has 1 aromatic heterocycles. The average Bonchev–Trinajstić information content (AvgIpc) is 2.60. The molecule has 0 saturated heterocycles. The highest BCUT2D eigenvalue weighted by atomic mass is 16.5. The predicted molar refractivity (Wildman–Crippen MR) is 86.4 cm³/mol. The molecule has 1 aliphatic rings. The zero-order chi connectivity index (χ0) is 18.2. The zero-order valence-corrected chi connectivity index (χ0v) is 13.5. The van der Waals surface area contributed by atoms with Gasteiger partial charge in [0.2, 0.25) is 5.88 Å². The van der Waals surface area contributed by atoms with Crippen molar-refractivity contribution in [1.82, 2.24) is 0 Å². The average molecular weight is 338 g/mol. The van der Waals surface area contributed by atoms with Crippen molar-refractivity contribution < 1.29 is 18.7 Å². The summed E-state index contributed by atoms with van der Waals surface area (Å²) in [5.74, 6) is -0.767. The maximum absolute atomic E-state index is 12.9. The number of nitriles is 1. The van der Waals surface area contributed by atoms with Crippen LogP contribution in [0.2, 0.25) is 0 Å². The number of aryl methyl sites for hydroxylation is 1. The van der Waals surface area contributed by atoms with Crippen LogP contribution in [-0.2, 0) is 14.9 Å². The molecule has 0 fully saturated rings. The zero-order valence-electron chi connectivity index (χ0n) is 13.5. The van der Waals surface area contributed by atoms with E-state index in [9.17, 15) is 14.9 Å². The van der Waals surface area contributed by atoms with Gasteiger partial charge in [0.15, 0.2) is 5.41 Å². The third kappa shape index (κ3) is 2.19. The van der Waals surface area contributed by atoms with Gasteiger partial charge in [-0.2, -0.15) is 5.26 Å². The minimum Gasteiger partial charge on any atom is -0.468 e. The van der Waals surface area contributed by atoms with Gasteiger partial charge in [0.1, 0.15) is 28.7 Å². The van der Waals surface area contributed by atoms with E-state index in [1.54, 1.807) is 37.3 Å². The first kappa shape index (κ1) is 16.3. The number of nitrogens with two attached hydrogens (primary N) is 1. The van der Waals surface area contributed by atoms with Crippen LogP contribution in [0.25, 0.3) is 0 Å². The van der Waals surface area contributed by atoms with E-state index in [-0.39, 0.29) is 28.5 Å². The maximum atomic E-state index is 12.9. The van der Waals surface area contributed by atoms with Crippen LogP contribution in [0.3, 0.4) is 0 Å². The first-order chi connectivity index (χ1) is 12.0. The van der Waals surface area contributed by atoms with Crippen LogP contribution >= 0.6 is 0 Å². The van der Waals surface area contributed by atoms with Crippen molar-refractivity contribution in [3.05, 3.63) is 75.2 Å². The normalized spacial score (nSPS) is 18.8. The summed E-state index contributed by atoms with van der Waals surface area (Å²) in [6.45, 7) is 1.56. The number of hydrogen-bond donors (Lipinski definition) is 1. The summed E-state index contributed by atoms with van der Waals surface area (Å²) in [5, 5.41) is 9.67. The third-order valence-electron chi connectivity index (χ3n) is 4.07. The topological polar surface area (TPSA) is 116 Å². The number of fused-ring (bicyclic) bond motifs is 1. The second-order valence-electron chi connectivity index (χ2n) is 5.44. The van der Waals surface area contributed by atoms with Gasteiger partial charge in [-0.1, -0.05) is 30.3 Å². The Balaban J connectivity index is 2.55. The summed E-state index contributed by atoms with van der Waals surface area (Å²) in [5.41, 5.74) is 3.22. The fourth-order valence-corrected chi connectivity index (χ4v) is 3.07. The van der Waals surface area contributed by atoms with Gasteiger partial charge < -0.3 is 19.6 Å². The molecule has 1 atom stereocenters. The van der Waals surface area contributed by atoms with Crippen LogP contribution in [0.15, 0.2) is 57.1 Å². The minimum absolute atomic E-state index is 0.0551. The molecule has 126 valence electrons. The van der Waals surface area contributed by atoms with E-state index >= 15 is 0 Å². The van der Waals surface area contributed by atoms with Crippen molar-refractivity contribution in [2.24, 2.45) is 5.73 Å². The smallest absolute Gasteiger partial charge is 0.344 e. The lowest BCUT2D eigenvalue weighted by Gasteiger charge is -2.35. The van der Waals surface area contributed by atoms with Gasteiger partial charge in [-0.15, -0.1) is 0 Å². The van der Waals surface area contributed by atoms with Crippen LogP contribution in [0.4, 0.5) is 0 Å². The Hall–Kier alpha value is -3.53. The number of methoxy groups -OCH3 is 1. The van der Waals surface area contributed by atoms with Crippen molar-refractivity contribution in [3.8, 4) is 11.8 Å². The standard InChI is InChI=1S/C18H14N2O5/c1-10-8-13-14(16(21)24-10)18(17(22)23-2,11-6-4-3-5-7-11)12(9-19)15(20)25-13/h3-8H,20H2,1-2H3. The quantitative estimate of drug-likeness (QED) is 0.825. The Morgan fingerprint density at radius 2 is 2.00 bits per heavy atom. The SMILES string of the molecule is COC(=O)C1(c2ccccc2)C(C#N)=C(N)Oc2cc(C)oc(=O)c21. The highest BCUT2D eigenvalue weighted by molar-refractivity contribution is 5.94. The van der Waals surface area contributed by atoms with Crippen molar-refractivity contribution >= 4 is 5.97 Å². The Bertz CT molecular complexity index is 985. The summed E-state index contributed by atoms with van der Waals surface area (Å²) in [6, 6.07) is 11.6. The fraction of sp³-hybridized carbons (Fsp3) is 0.167. The summed E-state index contributed by atoms with van der Waals surface area (Å²) in [4.78, 5) is 25.5. The largest absolute Gasteiger partial charge is 0.468 e. The molecular formula is C18H14N2O5. The molecule has 25 heavy (non-hydrogen) atoms. The third-order valence-corrected chi connectivity index (χ3v) is 4.07. The molecule has 2 aromatic rings. The van der Waals surface area contributed by atoms with E-state index in [2.05, 4.69) is 0 Å². The van der Waals surface area contributed by atoms with Crippen molar-refractivity contribution in [2.75, 3.05) is 7.11 Å². The van der Waals surface area contributed by atoms with Crippen LogP contribution in [0.1, 0.15) is 16.9 Å². The van der Waals surface area contributed by atoms with Gasteiger partial charge in [0.25, 0.3) is 0 Å². The van der Waals surface area contributed by atoms with Gasteiger partial charge in [-0.3, -0.25) is 4.79 Å². The number of rotatable bonds is 2. The Morgan fingerprint density at radius 3 is 2.60 bits per heavy atom. The van der Waals surface area contributed by atoms with Gasteiger partial charge in [0, 0.05) is 6.07 Å². The molecule has 7 nitrogen and oxygen atoms in total. The molecule has 0 spiro atoms. The summed E-state index contributed by atoms with van der Waals surface area (Å²) >= 11 is 0. The van der Waals surface area contributed by atoms with E-state index in [4.69, 9.17) is 19.6 Å². The first-order valence-corrected chi connectivity index (χ1v) is 7.34. The summed E-state index contributed by atoms with van der Waals surface area (Å²) in [7, 11) is 1.17. The van der Waals surface area contributed by atoms with Gasteiger partial charge in [-0.25, -0.2) is 4.79 Å². The van der Waals surface area contributed by atoms with Crippen LogP contribution < -0.4 is 16.1 Å². The van der Waals surface area contributed by atoms with E-state index in [0.717, 1.165) is 0 Å². The number of ether oxygens (including phenoxy) is 2. The molecule has 3 rings (SSSR count). The van der Waals surface area contributed by atoms with Crippen LogP contribution in [0, 0.1) is 18.3 Å². The molecule has 0 radical (unpaired) electrons. The lowest BCUT2D eigenvalue weighted by molar-refractivity contribution is -0.144. The first-order valence-electron chi connectivity index (χ1n) is 7.34. The molecular weight excluding hydrogens is 324 g/mol. The molecule has 0 aliphatic carbocycles. The summed E-state index contributed by atoms with van der Waals surface area (Å²) in [6.07, 6.45) is 0. The lowest BCUT2D eigenvalue weighted by atomic mass is 9.68. The number of carbonyl (C=O) groups is 1. The Kier molecular flexibility index (Phi) is 3.81. The van der Waals surface area contributed by atoms with Crippen molar-refractivity contribution in [1.29, 1.82) is 5.26 Å². The molecule has 1 unspecified atom stereocenters. The molecule has 0 bridgehead atoms. The molecule has 7 heteroatoms. The number of nitrogens with zero attached hydrogens (tertiary/aromatic N) is 1. The van der Waals surface area contributed by atoms with E-state index < -0.39 is 17.0 Å². The molecule has 1 aromatic carbocycles. The van der Waals surface area contributed by atoms with E-state index in [1.807, 2.05) is 6.07 Å². The second kappa shape index (κ2) is 5.83. The lowest BCUT2D eigenvalue weighted by Crippen LogP contribution is -2.47. The monoisotopic (exact) mass is 338 g/mol. The predicted octanol–water partition coefficient (Wildman–Crippen LogP) is 1.49. The molecule has 2 N–H and O–H groups in total. The van der Waals surface area contributed by atoms with Gasteiger partial charge in [-0.05, 0) is 12.5 Å². The van der Waals surface area contributed by atoms with E-state index in [0.29, 0.717) is 5.56 Å². The number of esters is 1. The Labute approximate surface area is 142 Å². The molecule has 1 aliphatic heterocycles. The second-order valence-corrected chi connectivity index (χ2v) is 5.44. The highest BCUT2D eigenvalue weighted by Crippen LogP contribution is 2.46. The molecule has 0 saturated carbocycles. The van der Waals surface area contributed by atoms with Crippen molar-refractivity contribution in [3.63, 3.8) is 0 Å². The minimum atomic E-state index is -1.86.